The Hall–Kier alpha value is -2.51. The largest absolute Gasteiger partial charge is 0.389 e. The third kappa shape index (κ3) is 3.79. The fourth-order valence-electron chi connectivity index (χ4n) is 3.82. The molecule has 1 N–H and O–H groups in total. The number of anilines is 1. The van der Waals surface area contributed by atoms with Crippen LogP contribution in [0.5, 0.6) is 0 Å². The molecule has 0 spiro atoms. The lowest BCUT2D eigenvalue weighted by Crippen LogP contribution is -2.55. The maximum absolute atomic E-state index is 10.1. The zero-order valence-electron chi connectivity index (χ0n) is 16.1. The van der Waals surface area contributed by atoms with Crippen LogP contribution in [0.15, 0.2) is 42.7 Å². The van der Waals surface area contributed by atoms with Gasteiger partial charge < -0.3 is 10.0 Å². The lowest BCUT2D eigenvalue weighted by molar-refractivity contribution is 0.0307. The van der Waals surface area contributed by atoms with Crippen molar-refractivity contribution in [3.8, 4) is 11.3 Å². The second-order valence-electron chi connectivity index (χ2n) is 7.93. The lowest BCUT2D eigenvalue weighted by atomic mass is 10.1. The van der Waals surface area contributed by atoms with Crippen LogP contribution in [0.1, 0.15) is 20.8 Å². The van der Waals surface area contributed by atoms with Crippen LogP contribution in [0.25, 0.3) is 17.0 Å². The number of benzene rings is 1. The summed E-state index contributed by atoms with van der Waals surface area (Å²) in [5.74, 6) is 1.62. The average Bonchev–Trinajstić information content (AvgIpc) is 3.09. The molecule has 1 aliphatic rings. The molecule has 1 saturated heterocycles. The molecule has 142 valence electrons. The molecular weight excluding hydrogens is 340 g/mol. The number of aromatic nitrogens is 4. The van der Waals surface area contributed by atoms with Crippen molar-refractivity contribution in [3.63, 3.8) is 0 Å². The minimum absolute atomic E-state index is 0.291. The third-order valence-corrected chi connectivity index (χ3v) is 4.92. The van der Waals surface area contributed by atoms with E-state index in [1.54, 1.807) is 6.33 Å². The first-order chi connectivity index (χ1) is 12.9. The Balaban J connectivity index is 1.66. The summed E-state index contributed by atoms with van der Waals surface area (Å²) in [5, 5.41) is 14.5. The van der Waals surface area contributed by atoms with Gasteiger partial charge in [0.2, 0.25) is 0 Å². The Morgan fingerprint density at radius 2 is 1.96 bits per heavy atom. The van der Waals surface area contributed by atoms with Crippen molar-refractivity contribution in [1.29, 1.82) is 0 Å². The summed E-state index contributed by atoms with van der Waals surface area (Å²) in [6.07, 6.45) is 1.55. The van der Waals surface area contributed by atoms with Gasteiger partial charge >= 0.3 is 0 Å². The summed E-state index contributed by atoms with van der Waals surface area (Å²) in [7, 11) is 0. The van der Waals surface area contributed by atoms with Gasteiger partial charge in [-0.2, -0.15) is 14.6 Å². The lowest BCUT2D eigenvalue weighted by Gasteiger charge is -2.42. The van der Waals surface area contributed by atoms with Crippen LogP contribution >= 0.6 is 0 Å². The van der Waals surface area contributed by atoms with Crippen molar-refractivity contribution in [2.24, 2.45) is 0 Å². The number of fused-ring (bicyclic) bond motifs is 1. The van der Waals surface area contributed by atoms with Gasteiger partial charge in [0, 0.05) is 43.9 Å². The first kappa shape index (κ1) is 17.9. The zero-order chi connectivity index (χ0) is 19.0. The average molecular weight is 366 g/mol. The van der Waals surface area contributed by atoms with Gasteiger partial charge in [-0.05, 0) is 20.8 Å². The van der Waals surface area contributed by atoms with Crippen molar-refractivity contribution < 1.29 is 5.11 Å². The Bertz CT molecular complexity index is 917. The molecule has 1 aromatic carbocycles. The minimum atomic E-state index is -0.682. The number of β-amino-alcohol motifs (C(OH)–C–C–N with tert-alkyl or cyclic N) is 1. The van der Waals surface area contributed by atoms with Gasteiger partial charge in [0.15, 0.2) is 0 Å². The highest BCUT2D eigenvalue weighted by Gasteiger charge is 2.29. The molecule has 2 aromatic heterocycles. The number of piperazine rings is 1. The van der Waals surface area contributed by atoms with Crippen molar-refractivity contribution in [2.45, 2.75) is 32.4 Å². The SMILES string of the molecule is CC1CN(CC(C)(C)O)CCN1c1cc(-c2ccccc2)nc2ncnn12. The second kappa shape index (κ2) is 6.90. The van der Waals surface area contributed by atoms with Crippen LogP contribution in [-0.4, -0.2) is 67.4 Å². The molecule has 3 heterocycles. The van der Waals surface area contributed by atoms with Crippen LogP contribution in [0, 0.1) is 0 Å². The molecule has 1 aliphatic heterocycles. The predicted molar refractivity (Wildman–Crippen MR) is 106 cm³/mol. The van der Waals surface area contributed by atoms with Crippen molar-refractivity contribution in [3.05, 3.63) is 42.7 Å². The first-order valence-electron chi connectivity index (χ1n) is 9.38. The highest BCUT2D eigenvalue weighted by atomic mass is 16.3. The van der Waals surface area contributed by atoms with E-state index < -0.39 is 5.60 Å². The third-order valence-electron chi connectivity index (χ3n) is 4.92. The van der Waals surface area contributed by atoms with E-state index >= 15 is 0 Å². The van der Waals surface area contributed by atoms with Gasteiger partial charge in [-0.25, -0.2) is 4.98 Å². The van der Waals surface area contributed by atoms with Crippen LogP contribution in [0.3, 0.4) is 0 Å². The van der Waals surface area contributed by atoms with Crippen molar-refractivity contribution in [1.82, 2.24) is 24.5 Å². The Kier molecular flexibility index (Phi) is 4.57. The zero-order valence-corrected chi connectivity index (χ0v) is 16.1. The number of rotatable bonds is 4. The molecule has 0 aliphatic carbocycles. The van der Waals surface area contributed by atoms with E-state index in [1.165, 1.54) is 0 Å². The normalized spacial score (nSPS) is 19.0. The quantitative estimate of drug-likeness (QED) is 0.762. The molecule has 4 rings (SSSR count). The van der Waals surface area contributed by atoms with Crippen LogP contribution < -0.4 is 4.90 Å². The van der Waals surface area contributed by atoms with Gasteiger partial charge in [0.05, 0.1) is 11.3 Å². The summed E-state index contributed by atoms with van der Waals surface area (Å²) in [6.45, 7) is 9.26. The maximum Gasteiger partial charge on any atom is 0.254 e. The Labute approximate surface area is 159 Å². The summed E-state index contributed by atoms with van der Waals surface area (Å²) >= 11 is 0. The van der Waals surface area contributed by atoms with Gasteiger partial charge in [0.25, 0.3) is 5.78 Å². The highest BCUT2D eigenvalue weighted by Crippen LogP contribution is 2.26. The van der Waals surface area contributed by atoms with Crippen molar-refractivity contribution in [2.75, 3.05) is 31.1 Å². The van der Waals surface area contributed by atoms with Gasteiger partial charge in [-0.15, -0.1) is 0 Å². The summed E-state index contributed by atoms with van der Waals surface area (Å²) < 4.78 is 1.81. The van der Waals surface area contributed by atoms with E-state index in [2.05, 4.69) is 50.0 Å². The molecule has 1 atom stereocenters. The van der Waals surface area contributed by atoms with E-state index in [9.17, 15) is 5.11 Å². The van der Waals surface area contributed by atoms with Crippen LogP contribution in [0.2, 0.25) is 0 Å². The second-order valence-corrected chi connectivity index (χ2v) is 7.93. The monoisotopic (exact) mass is 366 g/mol. The maximum atomic E-state index is 10.1. The number of hydrogen-bond acceptors (Lipinski definition) is 6. The van der Waals surface area contributed by atoms with E-state index in [-0.39, 0.29) is 0 Å². The van der Waals surface area contributed by atoms with Gasteiger partial charge in [-0.3, -0.25) is 4.90 Å². The molecule has 7 heteroatoms. The molecular formula is C20H26N6O. The molecule has 3 aromatic rings. The molecule has 27 heavy (non-hydrogen) atoms. The Morgan fingerprint density at radius 1 is 1.19 bits per heavy atom. The van der Waals surface area contributed by atoms with Crippen LogP contribution in [0.4, 0.5) is 5.82 Å². The molecule has 0 radical (unpaired) electrons. The Morgan fingerprint density at radius 3 is 2.67 bits per heavy atom. The fourth-order valence-corrected chi connectivity index (χ4v) is 3.82. The molecule has 1 unspecified atom stereocenters. The molecule has 7 nitrogen and oxygen atoms in total. The smallest absolute Gasteiger partial charge is 0.254 e. The van der Waals surface area contributed by atoms with E-state index in [0.717, 1.165) is 36.7 Å². The molecule has 0 amide bonds. The standard InChI is InChI=1S/C20H26N6O/c1-15-12-24(13-20(2,3)27)9-10-25(15)18-11-17(16-7-5-4-6-8-16)23-19-21-14-22-26(18)19/h4-8,11,14-15,27H,9-10,12-13H2,1-3H3. The van der Waals surface area contributed by atoms with E-state index in [4.69, 9.17) is 0 Å². The van der Waals surface area contributed by atoms with E-state index in [1.807, 2.05) is 36.6 Å². The van der Waals surface area contributed by atoms with Crippen LogP contribution in [-0.2, 0) is 0 Å². The number of hydrogen-bond donors (Lipinski definition) is 1. The fraction of sp³-hybridized carbons (Fsp3) is 0.450. The topological polar surface area (TPSA) is 69.8 Å². The predicted octanol–water partition coefficient (Wildman–Crippen LogP) is 2.07. The summed E-state index contributed by atoms with van der Waals surface area (Å²) in [5.41, 5.74) is 1.29. The molecule has 1 fully saturated rings. The number of nitrogens with zero attached hydrogens (tertiary/aromatic N) is 6. The summed E-state index contributed by atoms with van der Waals surface area (Å²) in [4.78, 5) is 13.7. The molecule has 0 saturated carbocycles. The number of aliphatic hydroxyl groups is 1. The van der Waals surface area contributed by atoms with E-state index in [0.29, 0.717) is 18.4 Å². The van der Waals surface area contributed by atoms with Gasteiger partial charge in [0.1, 0.15) is 12.1 Å². The first-order valence-corrected chi connectivity index (χ1v) is 9.38. The molecule has 0 bridgehead atoms. The van der Waals surface area contributed by atoms with Gasteiger partial charge in [-0.1, -0.05) is 30.3 Å². The highest BCUT2D eigenvalue weighted by molar-refractivity contribution is 5.66. The van der Waals surface area contributed by atoms with Crippen molar-refractivity contribution >= 4 is 11.6 Å². The summed E-state index contributed by atoms with van der Waals surface area (Å²) in [6, 6.07) is 12.5. The minimum Gasteiger partial charge on any atom is -0.389 e.